The summed E-state index contributed by atoms with van der Waals surface area (Å²) in [4.78, 5) is 14.0. The molecule has 1 fully saturated rings. The predicted molar refractivity (Wildman–Crippen MR) is 72.9 cm³/mol. The maximum atomic E-state index is 13.9. The van der Waals surface area contributed by atoms with Crippen LogP contribution in [0.4, 0.5) is 4.39 Å². The van der Waals surface area contributed by atoms with E-state index in [0.29, 0.717) is 5.56 Å². The minimum absolute atomic E-state index is 0.00824. The van der Waals surface area contributed by atoms with Gasteiger partial charge in [-0.1, -0.05) is 22.4 Å². The van der Waals surface area contributed by atoms with Crippen molar-refractivity contribution in [2.24, 2.45) is 0 Å². The van der Waals surface area contributed by atoms with Gasteiger partial charge >= 0.3 is 0 Å². The van der Waals surface area contributed by atoms with Crippen LogP contribution in [0.3, 0.4) is 0 Å². The smallest absolute Gasteiger partial charge is 0.151 e. The Morgan fingerprint density at radius 1 is 1.33 bits per heavy atom. The molecule has 1 aliphatic rings. The van der Waals surface area contributed by atoms with E-state index >= 15 is 0 Å². The molecule has 4 heteroatoms. The number of carbonyl (C=O) groups is 1. The van der Waals surface area contributed by atoms with Crippen molar-refractivity contribution in [3.63, 3.8) is 0 Å². The summed E-state index contributed by atoms with van der Waals surface area (Å²) in [5.41, 5.74) is 0.485. The Bertz CT molecular complexity index is 443. The number of Topliss-reactive ketones (excluding diaryl/α,β-unsaturated/α-hetero) is 1. The third-order valence-electron chi connectivity index (χ3n) is 3.39. The van der Waals surface area contributed by atoms with E-state index in [1.165, 1.54) is 12.5 Å². The van der Waals surface area contributed by atoms with Gasteiger partial charge in [0, 0.05) is 10.0 Å². The van der Waals surface area contributed by atoms with Gasteiger partial charge in [-0.3, -0.25) is 9.69 Å². The van der Waals surface area contributed by atoms with E-state index in [-0.39, 0.29) is 11.6 Å². The molecule has 0 aromatic heterocycles. The molecule has 1 aromatic rings. The number of halogens is 2. The van der Waals surface area contributed by atoms with Crippen molar-refractivity contribution in [2.75, 3.05) is 13.1 Å². The highest BCUT2D eigenvalue weighted by Gasteiger charge is 2.28. The standard InChI is InChI=1S/C14H17BrFNO/c1-10(18)14(17-7-3-2-4-8-17)12-9-11(15)5-6-13(12)16/h5-6,9,14H,2-4,7-8H2,1H3. The van der Waals surface area contributed by atoms with Crippen molar-refractivity contribution in [2.45, 2.75) is 32.2 Å². The molecule has 1 atom stereocenters. The molecule has 1 aliphatic heterocycles. The van der Waals surface area contributed by atoms with E-state index in [1.807, 2.05) is 0 Å². The lowest BCUT2D eigenvalue weighted by Crippen LogP contribution is -2.37. The molecule has 2 nitrogen and oxygen atoms in total. The van der Waals surface area contributed by atoms with Crippen LogP contribution in [0.15, 0.2) is 22.7 Å². The summed E-state index contributed by atoms with van der Waals surface area (Å²) in [6.07, 6.45) is 3.36. The van der Waals surface area contributed by atoms with E-state index in [1.54, 1.807) is 19.1 Å². The minimum Gasteiger partial charge on any atom is -0.298 e. The van der Waals surface area contributed by atoms with E-state index in [9.17, 15) is 9.18 Å². The molecule has 18 heavy (non-hydrogen) atoms. The van der Waals surface area contributed by atoms with Gasteiger partial charge in [-0.25, -0.2) is 4.39 Å². The van der Waals surface area contributed by atoms with E-state index in [2.05, 4.69) is 20.8 Å². The lowest BCUT2D eigenvalue weighted by atomic mass is 9.98. The fourth-order valence-electron chi connectivity index (χ4n) is 2.57. The van der Waals surface area contributed by atoms with Gasteiger partial charge in [-0.2, -0.15) is 0 Å². The van der Waals surface area contributed by atoms with Gasteiger partial charge < -0.3 is 0 Å². The van der Waals surface area contributed by atoms with Crippen molar-refractivity contribution in [1.82, 2.24) is 4.90 Å². The summed E-state index contributed by atoms with van der Waals surface area (Å²) in [5, 5.41) is 0. The Kier molecular flexibility index (Phi) is 4.51. The molecule has 1 saturated heterocycles. The first-order valence-electron chi connectivity index (χ1n) is 6.29. The molecule has 2 rings (SSSR count). The number of rotatable bonds is 3. The molecule has 0 saturated carbocycles. The number of piperidine rings is 1. The van der Waals surface area contributed by atoms with Crippen LogP contribution in [-0.2, 0) is 4.79 Å². The van der Waals surface area contributed by atoms with Crippen molar-refractivity contribution in [3.8, 4) is 0 Å². The predicted octanol–water partition coefficient (Wildman–Crippen LogP) is 3.70. The van der Waals surface area contributed by atoms with Crippen LogP contribution < -0.4 is 0 Å². The van der Waals surface area contributed by atoms with Crippen LogP contribution in [-0.4, -0.2) is 23.8 Å². The van der Waals surface area contributed by atoms with Crippen molar-refractivity contribution >= 4 is 21.7 Å². The molecule has 0 N–H and O–H groups in total. The minimum atomic E-state index is -0.442. The maximum absolute atomic E-state index is 13.9. The molecule has 1 unspecified atom stereocenters. The number of carbonyl (C=O) groups excluding carboxylic acids is 1. The van der Waals surface area contributed by atoms with Gasteiger partial charge in [-0.05, 0) is 51.1 Å². The van der Waals surface area contributed by atoms with Gasteiger partial charge in [0.1, 0.15) is 5.82 Å². The molecule has 0 bridgehead atoms. The van der Waals surface area contributed by atoms with Crippen molar-refractivity contribution in [3.05, 3.63) is 34.1 Å². The molecule has 0 aliphatic carbocycles. The first kappa shape index (κ1) is 13.7. The van der Waals surface area contributed by atoms with Crippen LogP contribution in [0.2, 0.25) is 0 Å². The lowest BCUT2D eigenvalue weighted by Gasteiger charge is -2.33. The van der Waals surface area contributed by atoms with Gasteiger partial charge in [0.25, 0.3) is 0 Å². The summed E-state index contributed by atoms with van der Waals surface area (Å²) >= 11 is 3.34. The Balaban J connectivity index is 2.34. The monoisotopic (exact) mass is 313 g/mol. The summed E-state index contributed by atoms with van der Waals surface area (Å²) in [6.45, 7) is 3.28. The zero-order chi connectivity index (χ0) is 13.1. The summed E-state index contributed by atoms with van der Waals surface area (Å²) in [7, 11) is 0. The molecular formula is C14H17BrFNO. The van der Waals surface area contributed by atoms with Crippen LogP contribution in [0.1, 0.15) is 37.8 Å². The van der Waals surface area contributed by atoms with Crippen LogP contribution >= 0.6 is 15.9 Å². The first-order valence-corrected chi connectivity index (χ1v) is 7.08. The van der Waals surface area contributed by atoms with Crippen LogP contribution in [0, 0.1) is 5.82 Å². The SMILES string of the molecule is CC(=O)C(c1cc(Br)ccc1F)N1CCCCC1. The largest absolute Gasteiger partial charge is 0.298 e. The fraction of sp³-hybridized carbons (Fsp3) is 0.500. The number of hydrogen-bond acceptors (Lipinski definition) is 2. The average Bonchev–Trinajstić information content (AvgIpc) is 2.35. The lowest BCUT2D eigenvalue weighted by molar-refractivity contribution is -0.122. The van der Waals surface area contributed by atoms with Gasteiger partial charge in [0.2, 0.25) is 0 Å². The number of likely N-dealkylation sites (tertiary alicyclic amines) is 1. The van der Waals surface area contributed by atoms with Gasteiger partial charge in [0.05, 0.1) is 6.04 Å². The highest BCUT2D eigenvalue weighted by molar-refractivity contribution is 9.10. The molecule has 0 spiro atoms. The van der Waals surface area contributed by atoms with E-state index in [4.69, 9.17) is 0 Å². The highest BCUT2D eigenvalue weighted by Crippen LogP contribution is 2.29. The second-order valence-corrected chi connectivity index (χ2v) is 5.69. The molecule has 0 radical (unpaired) electrons. The van der Waals surface area contributed by atoms with Crippen LogP contribution in [0.5, 0.6) is 0 Å². The number of hydrogen-bond donors (Lipinski definition) is 0. The molecule has 1 heterocycles. The fourth-order valence-corrected chi connectivity index (χ4v) is 2.95. The van der Waals surface area contributed by atoms with Crippen molar-refractivity contribution < 1.29 is 9.18 Å². The topological polar surface area (TPSA) is 20.3 Å². The van der Waals surface area contributed by atoms with Crippen LogP contribution in [0.25, 0.3) is 0 Å². The molecule has 1 aromatic carbocycles. The normalized spacial score (nSPS) is 18.6. The molecule has 0 amide bonds. The molecule has 98 valence electrons. The Morgan fingerprint density at radius 2 is 2.00 bits per heavy atom. The van der Waals surface area contributed by atoms with Gasteiger partial charge in [-0.15, -0.1) is 0 Å². The third-order valence-corrected chi connectivity index (χ3v) is 3.89. The second-order valence-electron chi connectivity index (χ2n) is 4.78. The third kappa shape index (κ3) is 2.98. The van der Waals surface area contributed by atoms with Gasteiger partial charge in [0.15, 0.2) is 5.78 Å². The zero-order valence-electron chi connectivity index (χ0n) is 10.5. The first-order chi connectivity index (χ1) is 8.59. The molecular weight excluding hydrogens is 297 g/mol. The quantitative estimate of drug-likeness (QED) is 0.848. The Hall–Kier alpha value is -0.740. The maximum Gasteiger partial charge on any atom is 0.151 e. The Labute approximate surface area is 115 Å². The number of ketones is 1. The van der Waals surface area contributed by atoms with E-state index < -0.39 is 6.04 Å². The summed E-state index contributed by atoms with van der Waals surface area (Å²) < 4.78 is 14.7. The Morgan fingerprint density at radius 3 is 2.61 bits per heavy atom. The number of nitrogens with zero attached hydrogens (tertiary/aromatic N) is 1. The zero-order valence-corrected chi connectivity index (χ0v) is 12.0. The van der Waals surface area contributed by atoms with Crippen molar-refractivity contribution in [1.29, 1.82) is 0 Å². The summed E-state index contributed by atoms with van der Waals surface area (Å²) in [5.74, 6) is -0.294. The summed E-state index contributed by atoms with van der Waals surface area (Å²) in [6, 6.07) is 4.35. The average molecular weight is 314 g/mol. The highest BCUT2D eigenvalue weighted by atomic mass is 79.9. The second kappa shape index (κ2) is 5.93. The number of benzene rings is 1. The van der Waals surface area contributed by atoms with E-state index in [0.717, 1.165) is 30.4 Å².